The van der Waals surface area contributed by atoms with E-state index < -0.39 is 11.9 Å². The molecule has 0 bridgehead atoms. The number of thiocarbonyl (C=S) groups is 1. The molecular formula is C23H33N5O4S2. The van der Waals surface area contributed by atoms with Crippen molar-refractivity contribution in [1.29, 1.82) is 0 Å². The number of anilines is 1. The molecule has 0 atom stereocenters. The average molecular weight is 508 g/mol. The van der Waals surface area contributed by atoms with Gasteiger partial charge in [0.05, 0.1) is 24.5 Å². The second kappa shape index (κ2) is 11.8. The van der Waals surface area contributed by atoms with Crippen LogP contribution in [0.3, 0.4) is 0 Å². The molecule has 1 aliphatic heterocycles. The van der Waals surface area contributed by atoms with Crippen molar-refractivity contribution in [3.63, 3.8) is 0 Å². The van der Waals surface area contributed by atoms with E-state index >= 15 is 0 Å². The highest BCUT2D eigenvalue weighted by Crippen LogP contribution is 2.34. The summed E-state index contributed by atoms with van der Waals surface area (Å²) in [7, 11) is 0. The fraction of sp³-hybridized carbons (Fsp3) is 0.565. The van der Waals surface area contributed by atoms with Crippen LogP contribution >= 0.6 is 23.6 Å². The second-order valence-electron chi connectivity index (χ2n) is 7.99. The molecule has 11 heteroatoms. The van der Waals surface area contributed by atoms with Crippen molar-refractivity contribution in [2.75, 3.05) is 44.7 Å². The Morgan fingerprint density at radius 2 is 1.74 bits per heavy atom. The lowest BCUT2D eigenvalue weighted by Gasteiger charge is -2.36. The van der Waals surface area contributed by atoms with Crippen LogP contribution in [-0.4, -0.2) is 76.0 Å². The van der Waals surface area contributed by atoms with E-state index in [1.807, 2.05) is 11.6 Å². The summed E-state index contributed by atoms with van der Waals surface area (Å²) in [6.45, 7) is 14.8. The third-order valence-electron chi connectivity index (χ3n) is 5.73. The first-order valence-electron chi connectivity index (χ1n) is 11.6. The fourth-order valence-corrected chi connectivity index (χ4v) is 5.28. The molecule has 0 radical (unpaired) electrons. The van der Waals surface area contributed by atoms with E-state index in [-0.39, 0.29) is 13.2 Å². The minimum absolute atomic E-state index is 0.241. The predicted molar refractivity (Wildman–Crippen MR) is 137 cm³/mol. The number of nitrogens with zero attached hydrogens (tertiary/aromatic N) is 4. The van der Waals surface area contributed by atoms with Crippen molar-refractivity contribution in [3.05, 3.63) is 33.5 Å². The summed E-state index contributed by atoms with van der Waals surface area (Å²) in [5.74, 6) is -0.935. The molecule has 2 aromatic rings. The van der Waals surface area contributed by atoms with Gasteiger partial charge in [-0.3, -0.25) is 9.58 Å². The number of aromatic nitrogens is 2. The normalized spacial score (nSPS) is 14.2. The Labute approximate surface area is 210 Å². The maximum Gasteiger partial charge on any atom is 0.348 e. The van der Waals surface area contributed by atoms with Crippen LogP contribution in [0, 0.1) is 13.8 Å². The van der Waals surface area contributed by atoms with Crippen LogP contribution in [0.25, 0.3) is 0 Å². The minimum Gasteiger partial charge on any atom is -0.462 e. The zero-order valence-electron chi connectivity index (χ0n) is 20.5. The van der Waals surface area contributed by atoms with E-state index in [1.165, 1.54) is 16.9 Å². The van der Waals surface area contributed by atoms with Crippen LogP contribution in [0.5, 0.6) is 0 Å². The van der Waals surface area contributed by atoms with Crippen LogP contribution < -0.4 is 5.32 Å². The number of carbonyl (C=O) groups is 2. The number of aryl methyl sites for hydroxylation is 2. The van der Waals surface area contributed by atoms with Gasteiger partial charge in [0.15, 0.2) is 5.11 Å². The number of nitrogens with one attached hydrogen (secondary N) is 1. The van der Waals surface area contributed by atoms with Crippen LogP contribution in [-0.2, 0) is 22.6 Å². The van der Waals surface area contributed by atoms with Crippen molar-refractivity contribution < 1.29 is 19.1 Å². The van der Waals surface area contributed by atoms with Gasteiger partial charge in [0.1, 0.15) is 9.88 Å². The largest absolute Gasteiger partial charge is 0.462 e. The molecule has 1 aliphatic rings. The molecular weight excluding hydrogens is 474 g/mol. The topological polar surface area (TPSA) is 88.9 Å². The molecule has 3 heterocycles. The van der Waals surface area contributed by atoms with E-state index in [9.17, 15) is 9.59 Å². The fourth-order valence-electron chi connectivity index (χ4n) is 3.84. The van der Waals surface area contributed by atoms with E-state index in [2.05, 4.69) is 33.3 Å². The minimum atomic E-state index is -0.482. The Bertz CT molecular complexity index is 1040. The summed E-state index contributed by atoms with van der Waals surface area (Å²) >= 11 is 6.83. The van der Waals surface area contributed by atoms with Crippen LogP contribution in [0.1, 0.15) is 57.6 Å². The van der Waals surface area contributed by atoms with Crippen molar-refractivity contribution >= 4 is 45.6 Å². The molecule has 0 spiro atoms. The van der Waals surface area contributed by atoms with E-state index in [0.29, 0.717) is 26.1 Å². The van der Waals surface area contributed by atoms with Gasteiger partial charge >= 0.3 is 11.9 Å². The number of esters is 2. The zero-order valence-corrected chi connectivity index (χ0v) is 22.1. The van der Waals surface area contributed by atoms with Gasteiger partial charge in [-0.25, -0.2) is 9.59 Å². The highest BCUT2D eigenvalue weighted by molar-refractivity contribution is 7.80. The number of hydrogen-bond acceptors (Lipinski definition) is 8. The van der Waals surface area contributed by atoms with Crippen molar-refractivity contribution in [1.82, 2.24) is 19.6 Å². The van der Waals surface area contributed by atoms with Gasteiger partial charge in [0.25, 0.3) is 0 Å². The number of rotatable bonds is 8. The Morgan fingerprint density at radius 1 is 1.09 bits per heavy atom. The number of ether oxygens (including phenoxy) is 2. The molecule has 34 heavy (non-hydrogen) atoms. The first-order chi connectivity index (χ1) is 16.3. The molecule has 186 valence electrons. The lowest BCUT2D eigenvalue weighted by molar-refractivity contribution is 0.0527. The Morgan fingerprint density at radius 3 is 2.32 bits per heavy atom. The monoisotopic (exact) mass is 507 g/mol. The third-order valence-corrected chi connectivity index (χ3v) is 7.28. The summed E-state index contributed by atoms with van der Waals surface area (Å²) < 4.78 is 12.3. The molecule has 2 aromatic heterocycles. The van der Waals surface area contributed by atoms with E-state index in [0.717, 1.165) is 45.0 Å². The van der Waals surface area contributed by atoms with Crippen LogP contribution in [0.2, 0.25) is 0 Å². The Kier molecular flexibility index (Phi) is 9.03. The maximum atomic E-state index is 12.6. The van der Waals surface area contributed by atoms with Gasteiger partial charge in [0, 0.05) is 51.0 Å². The Balaban J connectivity index is 1.67. The molecule has 1 fully saturated rings. The SMILES string of the molecule is CCOC(=O)c1sc(NC(=S)N2CCN(Cc3cn(CC)nc3C)CC2)c(C(=O)OCC)c1C. The number of thiophene rings is 1. The van der Waals surface area contributed by atoms with E-state index in [1.54, 1.807) is 20.8 Å². The first-order valence-corrected chi connectivity index (χ1v) is 12.8. The van der Waals surface area contributed by atoms with Gasteiger partial charge in [-0.05, 0) is 52.4 Å². The summed E-state index contributed by atoms with van der Waals surface area (Å²) in [4.78, 5) is 29.9. The van der Waals surface area contributed by atoms with Gasteiger partial charge < -0.3 is 19.7 Å². The molecule has 0 unspecified atom stereocenters. The summed E-state index contributed by atoms with van der Waals surface area (Å²) in [5, 5.41) is 8.76. The van der Waals surface area contributed by atoms with Gasteiger partial charge in [-0.2, -0.15) is 5.10 Å². The highest BCUT2D eigenvalue weighted by atomic mass is 32.1. The molecule has 0 saturated carbocycles. The predicted octanol–water partition coefficient (Wildman–Crippen LogP) is 3.45. The van der Waals surface area contributed by atoms with Gasteiger partial charge in [-0.15, -0.1) is 11.3 Å². The maximum absolute atomic E-state index is 12.6. The summed E-state index contributed by atoms with van der Waals surface area (Å²) in [6.07, 6.45) is 2.12. The summed E-state index contributed by atoms with van der Waals surface area (Å²) in [6, 6.07) is 0. The number of piperazine rings is 1. The quantitative estimate of drug-likeness (QED) is 0.426. The standard InChI is InChI=1S/C23H33N5O4S2/c1-6-28-14-17(16(5)25-28)13-26-9-11-27(12-10-26)23(33)24-20-18(21(29)31-7-2)15(4)19(34-20)22(30)32-8-3/h14H,6-13H2,1-5H3,(H,24,33). The number of carbonyl (C=O) groups excluding carboxylic acids is 2. The Hall–Kier alpha value is -2.50. The molecule has 1 saturated heterocycles. The lowest BCUT2D eigenvalue weighted by atomic mass is 10.1. The van der Waals surface area contributed by atoms with E-state index in [4.69, 9.17) is 21.7 Å². The smallest absolute Gasteiger partial charge is 0.348 e. The lowest BCUT2D eigenvalue weighted by Crippen LogP contribution is -2.49. The van der Waals surface area contributed by atoms with Crippen LogP contribution in [0.15, 0.2) is 6.20 Å². The third kappa shape index (κ3) is 5.94. The molecule has 0 aliphatic carbocycles. The second-order valence-corrected chi connectivity index (χ2v) is 9.40. The van der Waals surface area contributed by atoms with Crippen molar-refractivity contribution in [3.8, 4) is 0 Å². The average Bonchev–Trinajstić information content (AvgIpc) is 3.33. The number of hydrogen-bond donors (Lipinski definition) is 1. The van der Waals surface area contributed by atoms with Gasteiger partial charge in [-0.1, -0.05) is 0 Å². The van der Waals surface area contributed by atoms with Crippen molar-refractivity contribution in [2.24, 2.45) is 0 Å². The molecule has 0 amide bonds. The van der Waals surface area contributed by atoms with Crippen LogP contribution in [0.4, 0.5) is 5.00 Å². The zero-order chi connectivity index (χ0) is 24.8. The first kappa shape index (κ1) is 26.1. The molecule has 3 rings (SSSR count). The van der Waals surface area contributed by atoms with Gasteiger partial charge in [0.2, 0.25) is 0 Å². The van der Waals surface area contributed by atoms with Crippen molar-refractivity contribution in [2.45, 2.75) is 47.7 Å². The molecule has 9 nitrogen and oxygen atoms in total. The molecule has 0 aromatic carbocycles. The molecule has 1 N–H and O–H groups in total. The highest BCUT2D eigenvalue weighted by Gasteiger charge is 2.28. The summed E-state index contributed by atoms with van der Waals surface area (Å²) in [5.41, 5.74) is 3.19.